The largest absolute Gasteiger partial charge is 0.500 e. The van der Waals surface area contributed by atoms with Crippen molar-refractivity contribution in [1.29, 1.82) is 0 Å². The minimum absolute atomic E-state index is 0.750. The third kappa shape index (κ3) is 12.5. The van der Waals surface area contributed by atoms with Crippen molar-refractivity contribution in [2.45, 2.75) is 58.4 Å². The smallest absolute Gasteiger partial charge is 0.377 e. The van der Waals surface area contributed by atoms with E-state index in [1.807, 2.05) is 0 Å². The van der Waals surface area contributed by atoms with Crippen LogP contribution in [0.3, 0.4) is 0 Å². The molecule has 0 aromatic heterocycles. The average Bonchev–Trinajstić information content (AvgIpc) is 2.49. The molecule has 0 atom stereocenters. The van der Waals surface area contributed by atoms with E-state index in [1.165, 1.54) is 38.2 Å². The van der Waals surface area contributed by atoms with Gasteiger partial charge in [0.05, 0.1) is 0 Å². The second-order valence-electron chi connectivity index (χ2n) is 4.48. The molecule has 5 heteroatoms. The molecule has 0 fully saturated rings. The number of hydrogen-bond donors (Lipinski definition) is 0. The Morgan fingerprint density at radius 1 is 0.900 bits per heavy atom. The molecular formula is C15H32O4Si. The predicted octanol–water partition coefficient (Wildman–Crippen LogP) is 3.99. The number of allylic oxidation sites excluding steroid dienone is 2. The van der Waals surface area contributed by atoms with Crippen LogP contribution in [0.1, 0.15) is 52.4 Å². The molecule has 20 heavy (non-hydrogen) atoms. The molecule has 0 saturated carbocycles. The summed E-state index contributed by atoms with van der Waals surface area (Å²) in [4.78, 5) is 9.32. The molecule has 4 nitrogen and oxygen atoms in total. The predicted molar refractivity (Wildman–Crippen MR) is 85.8 cm³/mol. The molecule has 0 bridgehead atoms. The Balaban J connectivity index is 0. The Labute approximate surface area is 125 Å². The molecule has 120 valence electrons. The molecule has 0 aliphatic heterocycles. The third-order valence-electron chi connectivity index (χ3n) is 3.04. The van der Waals surface area contributed by atoms with Crippen LogP contribution in [0.4, 0.5) is 0 Å². The molecule has 0 rings (SSSR count). The van der Waals surface area contributed by atoms with Gasteiger partial charge < -0.3 is 13.3 Å². The lowest BCUT2D eigenvalue weighted by molar-refractivity contribution is -0.104. The lowest BCUT2D eigenvalue weighted by atomic mass is 10.1. The lowest BCUT2D eigenvalue weighted by Crippen LogP contribution is -2.42. The van der Waals surface area contributed by atoms with Gasteiger partial charge in [0.25, 0.3) is 0 Å². The number of hydrogen-bond acceptors (Lipinski definition) is 4. The van der Waals surface area contributed by atoms with E-state index in [-0.39, 0.29) is 0 Å². The van der Waals surface area contributed by atoms with Crippen LogP contribution in [-0.2, 0) is 18.1 Å². The van der Waals surface area contributed by atoms with Crippen LogP contribution in [0, 0.1) is 0 Å². The van der Waals surface area contributed by atoms with Gasteiger partial charge in [-0.1, -0.05) is 45.1 Å². The molecule has 0 spiro atoms. The Hall–Kier alpha value is -0.493. The van der Waals surface area contributed by atoms with Gasteiger partial charge in [0.2, 0.25) is 0 Å². The Kier molecular flexibility index (Phi) is 18.1. The van der Waals surface area contributed by atoms with E-state index in [2.05, 4.69) is 6.92 Å². The highest BCUT2D eigenvalue weighted by molar-refractivity contribution is 6.60. The minimum atomic E-state index is -2.29. The number of unbranched alkanes of at least 4 members (excludes halogenated alkanes) is 5. The maximum Gasteiger partial charge on any atom is 0.500 e. The highest BCUT2D eigenvalue weighted by Gasteiger charge is 2.36. The molecule has 0 aliphatic rings. The van der Waals surface area contributed by atoms with Crippen molar-refractivity contribution in [3.8, 4) is 0 Å². The average molecular weight is 305 g/mol. The van der Waals surface area contributed by atoms with Crippen molar-refractivity contribution in [1.82, 2.24) is 0 Å². The van der Waals surface area contributed by atoms with Crippen LogP contribution < -0.4 is 0 Å². The monoisotopic (exact) mass is 304 g/mol. The van der Waals surface area contributed by atoms with E-state index in [0.717, 1.165) is 18.8 Å². The molecular weight excluding hydrogens is 272 g/mol. The normalized spacial score (nSPS) is 11.2. The summed E-state index contributed by atoms with van der Waals surface area (Å²) >= 11 is 0. The van der Waals surface area contributed by atoms with Gasteiger partial charge in [0.15, 0.2) is 0 Å². The number of carbonyl (C=O) groups excluding carboxylic acids is 1. The van der Waals surface area contributed by atoms with Crippen molar-refractivity contribution in [3.05, 3.63) is 12.2 Å². The first-order chi connectivity index (χ1) is 9.66. The number of rotatable bonds is 11. The fourth-order valence-corrected chi connectivity index (χ4v) is 3.55. The van der Waals surface area contributed by atoms with E-state index in [4.69, 9.17) is 13.3 Å². The number of aldehydes is 1. The highest BCUT2D eigenvalue weighted by Crippen LogP contribution is 2.17. The molecule has 0 radical (unpaired) electrons. The van der Waals surface area contributed by atoms with Crippen LogP contribution in [0.25, 0.3) is 0 Å². The van der Waals surface area contributed by atoms with E-state index in [0.29, 0.717) is 0 Å². The molecule has 0 saturated heterocycles. The first kappa shape index (κ1) is 21.8. The van der Waals surface area contributed by atoms with Gasteiger partial charge in [0, 0.05) is 27.4 Å². The fraction of sp³-hybridized carbons (Fsp3) is 0.800. The highest BCUT2D eigenvalue weighted by atomic mass is 28.4. The summed E-state index contributed by atoms with van der Waals surface area (Å²) in [7, 11) is 2.74. The van der Waals surface area contributed by atoms with Crippen LogP contribution in [-0.4, -0.2) is 36.4 Å². The Bertz CT molecular complexity index is 220. The van der Waals surface area contributed by atoms with Gasteiger partial charge in [0.1, 0.15) is 6.29 Å². The van der Waals surface area contributed by atoms with Crippen molar-refractivity contribution in [3.63, 3.8) is 0 Å². The summed E-state index contributed by atoms with van der Waals surface area (Å²) in [6.45, 7) is 4.03. The van der Waals surface area contributed by atoms with Gasteiger partial charge in [-0.2, -0.15) is 0 Å². The molecule has 0 heterocycles. The SMILES string of the molecule is CC=CC=O.CCCCCCCC[Si](OC)(OC)OC. The van der Waals surface area contributed by atoms with Crippen LogP contribution in [0.15, 0.2) is 12.2 Å². The number of carbonyl (C=O) groups is 1. The molecule has 0 aliphatic carbocycles. The lowest BCUT2D eigenvalue weighted by Gasteiger charge is -2.24. The topological polar surface area (TPSA) is 44.8 Å². The summed E-state index contributed by atoms with van der Waals surface area (Å²) < 4.78 is 16.1. The third-order valence-corrected chi connectivity index (χ3v) is 5.87. The van der Waals surface area contributed by atoms with E-state index < -0.39 is 8.80 Å². The summed E-state index contributed by atoms with van der Waals surface area (Å²) in [6, 6.07) is 0.933. The van der Waals surface area contributed by atoms with Gasteiger partial charge in [-0.25, -0.2) is 0 Å². The second kappa shape index (κ2) is 16.6. The van der Waals surface area contributed by atoms with Gasteiger partial charge in [-0.3, -0.25) is 4.79 Å². The van der Waals surface area contributed by atoms with E-state index in [1.54, 1.807) is 34.3 Å². The minimum Gasteiger partial charge on any atom is -0.377 e. The standard InChI is InChI=1S/C11H26O3Si.C4H6O/c1-5-6-7-8-9-10-11-15(12-2,13-3)14-4;1-2-3-4-5/h5-11H2,1-4H3;2-4H,1H3. The summed E-state index contributed by atoms with van der Waals surface area (Å²) in [6.07, 6.45) is 11.6. The van der Waals surface area contributed by atoms with Crippen LogP contribution >= 0.6 is 0 Å². The van der Waals surface area contributed by atoms with Crippen molar-refractivity contribution in [2.75, 3.05) is 21.3 Å². The van der Waals surface area contributed by atoms with Gasteiger partial charge in [-0.05, 0) is 19.4 Å². The molecule has 0 amide bonds. The van der Waals surface area contributed by atoms with Gasteiger partial charge >= 0.3 is 8.80 Å². The zero-order valence-corrected chi connectivity index (χ0v) is 14.8. The summed E-state index contributed by atoms with van der Waals surface area (Å²) in [5.74, 6) is 0. The van der Waals surface area contributed by atoms with Gasteiger partial charge in [-0.15, -0.1) is 0 Å². The quantitative estimate of drug-likeness (QED) is 0.251. The summed E-state index contributed by atoms with van der Waals surface area (Å²) in [5, 5.41) is 0. The molecule has 0 N–H and O–H groups in total. The maximum atomic E-state index is 9.32. The van der Waals surface area contributed by atoms with Crippen LogP contribution in [0.5, 0.6) is 0 Å². The zero-order valence-electron chi connectivity index (χ0n) is 13.8. The Morgan fingerprint density at radius 3 is 1.75 bits per heavy atom. The first-order valence-electron chi connectivity index (χ1n) is 7.38. The van der Waals surface area contributed by atoms with Crippen molar-refractivity contribution >= 4 is 15.1 Å². The van der Waals surface area contributed by atoms with Crippen LogP contribution in [0.2, 0.25) is 6.04 Å². The van der Waals surface area contributed by atoms with Crippen molar-refractivity contribution < 1.29 is 18.1 Å². The first-order valence-corrected chi connectivity index (χ1v) is 9.31. The molecule has 0 aromatic carbocycles. The summed E-state index contributed by atoms with van der Waals surface area (Å²) in [5.41, 5.74) is 0. The maximum absolute atomic E-state index is 9.32. The van der Waals surface area contributed by atoms with E-state index in [9.17, 15) is 4.79 Å². The molecule has 0 aromatic rings. The fourth-order valence-electron chi connectivity index (χ4n) is 1.76. The van der Waals surface area contributed by atoms with Crippen molar-refractivity contribution in [2.24, 2.45) is 0 Å². The molecule has 0 unspecified atom stereocenters. The second-order valence-corrected chi connectivity index (χ2v) is 7.57. The Morgan fingerprint density at radius 2 is 1.40 bits per heavy atom. The van der Waals surface area contributed by atoms with E-state index >= 15 is 0 Å². The zero-order chi connectivity index (χ0) is 15.7.